The molecule has 1 aromatic carbocycles. The van der Waals surface area contributed by atoms with Crippen LogP contribution in [0.3, 0.4) is 0 Å². The third-order valence-electron chi connectivity index (χ3n) is 2.66. The molecule has 0 aromatic heterocycles. The van der Waals surface area contributed by atoms with Gasteiger partial charge in [-0.25, -0.2) is 0 Å². The zero-order chi connectivity index (χ0) is 9.26. The van der Waals surface area contributed by atoms with Crippen molar-refractivity contribution in [2.75, 3.05) is 6.54 Å². The first-order chi connectivity index (χ1) is 6.29. The van der Waals surface area contributed by atoms with Crippen molar-refractivity contribution in [3.63, 3.8) is 0 Å². The fourth-order valence-corrected chi connectivity index (χ4v) is 2.62. The highest BCUT2D eigenvalue weighted by atomic mass is 127. The van der Waals surface area contributed by atoms with Crippen molar-refractivity contribution in [1.29, 1.82) is 0 Å². The van der Waals surface area contributed by atoms with E-state index in [4.69, 9.17) is 0 Å². The number of hydrogen-bond acceptors (Lipinski definition) is 1. The van der Waals surface area contributed by atoms with Gasteiger partial charge in [-0.05, 0) is 60.0 Å². The van der Waals surface area contributed by atoms with E-state index in [-0.39, 0.29) is 0 Å². The molecule has 70 valence electrons. The van der Waals surface area contributed by atoms with Crippen LogP contribution in [-0.4, -0.2) is 6.54 Å². The lowest BCUT2D eigenvalue weighted by molar-refractivity contribution is 0.644. The molecule has 1 fully saturated rings. The summed E-state index contributed by atoms with van der Waals surface area (Å²) in [6, 6.07) is 7.19. The Balaban J connectivity index is 2.33. The minimum atomic E-state index is 0.604. The second-order valence-electron chi connectivity index (χ2n) is 3.63. The highest BCUT2D eigenvalue weighted by Crippen LogP contribution is 2.28. The molecule has 1 aromatic rings. The Bertz CT molecular complexity index is 303. The van der Waals surface area contributed by atoms with Crippen LogP contribution >= 0.6 is 22.6 Å². The lowest BCUT2D eigenvalue weighted by Crippen LogP contribution is -2.14. The molecule has 0 unspecified atom stereocenters. The SMILES string of the molecule is Cc1cccc([C@H]2CCCN2)c1I. The van der Waals surface area contributed by atoms with Gasteiger partial charge in [-0.1, -0.05) is 18.2 Å². The van der Waals surface area contributed by atoms with Gasteiger partial charge in [0.15, 0.2) is 0 Å². The maximum absolute atomic E-state index is 3.54. The van der Waals surface area contributed by atoms with Gasteiger partial charge in [-0.15, -0.1) is 0 Å². The lowest BCUT2D eigenvalue weighted by Gasteiger charge is -2.13. The Morgan fingerprint density at radius 2 is 2.31 bits per heavy atom. The maximum atomic E-state index is 3.54. The second kappa shape index (κ2) is 3.96. The number of nitrogens with one attached hydrogen (secondary N) is 1. The Morgan fingerprint density at radius 3 is 3.00 bits per heavy atom. The maximum Gasteiger partial charge on any atom is 0.0331 e. The van der Waals surface area contributed by atoms with Crippen molar-refractivity contribution < 1.29 is 0 Å². The summed E-state index contributed by atoms with van der Waals surface area (Å²) >= 11 is 2.45. The Hall–Kier alpha value is -0.0900. The summed E-state index contributed by atoms with van der Waals surface area (Å²) in [5.41, 5.74) is 2.88. The van der Waals surface area contributed by atoms with E-state index >= 15 is 0 Å². The van der Waals surface area contributed by atoms with Crippen LogP contribution in [0.4, 0.5) is 0 Å². The highest BCUT2D eigenvalue weighted by molar-refractivity contribution is 14.1. The lowest BCUT2D eigenvalue weighted by atomic mass is 10.0. The van der Waals surface area contributed by atoms with Crippen LogP contribution in [0, 0.1) is 10.5 Å². The topological polar surface area (TPSA) is 12.0 Å². The van der Waals surface area contributed by atoms with Gasteiger partial charge in [0, 0.05) is 9.61 Å². The second-order valence-corrected chi connectivity index (χ2v) is 4.71. The van der Waals surface area contributed by atoms with Gasteiger partial charge in [0.05, 0.1) is 0 Å². The van der Waals surface area contributed by atoms with E-state index in [9.17, 15) is 0 Å². The van der Waals surface area contributed by atoms with E-state index in [2.05, 4.69) is 53.0 Å². The average molecular weight is 287 g/mol. The average Bonchev–Trinajstić information content (AvgIpc) is 2.62. The predicted octanol–water partition coefficient (Wildman–Crippen LogP) is 3.02. The summed E-state index contributed by atoms with van der Waals surface area (Å²) in [4.78, 5) is 0. The van der Waals surface area contributed by atoms with E-state index in [1.54, 1.807) is 0 Å². The third-order valence-corrected chi connectivity index (χ3v) is 4.13. The molecule has 2 rings (SSSR count). The van der Waals surface area contributed by atoms with E-state index < -0.39 is 0 Å². The van der Waals surface area contributed by atoms with E-state index in [1.807, 2.05) is 0 Å². The smallest absolute Gasteiger partial charge is 0.0331 e. The van der Waals surface area contributed by atoms with Crippen LogP contribution in [0.5, 0.6) is 0 Å². The first-order valence-corrected chi connectivity index (χ1v) is 5.85. The molecule has 0 aliphatic carbocycles. The summed E-state index contributed by atoms with van der Waals surface area (Å²) in [5.74, 6) is 0. The first kappa shape index (κ1) is 9.46. The van der Waals surface area contributed by atoms with Crippen molar-refractivity contribution in [3.05, 3.63) is 32.9 Å². The third kappa shape index (κ3) is 1.89. The van der Waals surface area contributed by atoms with Crippen LogP contribution < -0.4 is 5.32 Å². The van der Waals surface area contributed by atoms with E-state index in [0.717, 1.165) is 0 Å². The molecule has 1 saturated heterocycles. The highest BCUT2D eigenvalue weighted by Gasteiger charge is 2.18. The molecule has 0 spiro atoms. The van der Waals surface area contributed by atoms with Crippen LogP contribution in [0.2, 0.25) is 0 Å². The number of halogens is 1. The molecule has 1 atom stereocenters. The van der Waals surface area contributed by atoms with Gasteiger partial charge < -0.3 is 5.32 Å². The van der Waals surface area contributed by atoms with Gasteiger partial charge in [0.1, 0.15) is 0 Å². The van der Waals surface area contributed by atoms with Gasteiger partial charge in [0.2, 0.25) is 0 Å². The molecule has 1 nitrogen and oxygen atoms in total. The van der Waals surface area contributed by atoms with Gasteiger partial charge in [-0.2, -0.15) is 0 Å². The Morgan fingerprint density at radius 1 is 1.46 bits per heavy atom. The number of aryl methyl sites for hydroxylation is 1. The molecule has 2 heteroatoms. The minimum Gasteiger partial charge on any atom is -0.310 e. The monoisotopic (exact) mass is 287 g/mol. The van der Waals surface area contributed by atoms with Crippen molar-refractivity contribution in [2.24, 2.45) is 0 Å². The summed E-state index contributed by atoms with van der Waals surface area (Å²) < 4.78 is 1.43. The molecule has 0 bridgehead atoms. The van der Waals surface area contributed by atoms with Crippen molar-refractivity contribution in [1.82, 2.24) is 5.32 Å². The summed E-state index contributed by atoms with van der Waals surface area (Å²) in [7, 11) is 0. The molecule has 0 amide bonds. The predicted molar refractivity (Wildman–Crippen MR) is 63.9 cm³/mol. The quantitative estimate of drug-likeness (QED) is 0.783. The fraction of sp³-hybridized carbons (Fsp3) is 0.455. The van der Waals surface area contributed by atoms with Gasteiger partial charge in [0.25, 0.3) is 0 Å². The van der Waals surface area contributed by atoms with Crippen LogP contribution in [0.15, 0.2) is 18.2 Å². The zero-order valence-corrected chi connectivity index (χ0v) is 9.97. The zero-order valence-electron chi connectivity index (χ0n) is 7.81. The van der Waals surface area contributed by atoms with Crippen molar-refractivity contribution >= 4 is 22.6 Å². The van der Waals surface area contributed by atoms with Crippen LogP contribution in [0.1, 0.15) is 30.0 Å². The largest absolute Gasteiger partial charge is 0.310 e. The van der Waals surface area contributed by atoms with Crippen molar-refractivity contribution in [3.8, 4) is 0 Å². The molecule has 1 heterocycles. The van der Waals surface area contributed by atoms with E-state index in [0.29, 0.717) is 6.04 Å². The number of hydrogen-bond donors (Lipinski definition) is 1. The fourth-order valence-electron chi connectivity index (χ4n) is 1.89. The summed E-state index contributed by atoms with van der Waals surface area (Å²) in [6.45, 7) is 3.36. The molecular weight excluding hydrogens is 273 g/mol. The molecular formula is C11H14IN. The first-order valence-electron chi connectivity index (χ1n) is 4.77. The Labute approximate surface area is 93.1 Å². The standard InChI is InChI=1S/C11H14IN/c1-8-4-2-5-9(11(8)12)10-6-3-7-13-10/h2,4-5,10,13H,3,6-7H2,1H3/t10-/m1/s1. The van der Waals surface area contributed by atoms with Gasteiger partial charge in [-0.3, -0.25) is 0 Å². The number of rotatable bonds is 1. The number of benzene rings is 1. The molecule has 1 aliphatic rings. The van der Waals surface area contributed by atoms with Crippen molar-refractivity contribution in [2.45, 2.75) is 25.8 Å². The molecule has 13 heavy (non-hydrogen) atoms. The minimum absolute atomic E-state index is 0.604. The van der Waals surface area contributed by atoms with Crippen LogP contribution in [-0.2, 0) is 0 Å². The molecule has 0 radical (unpaired) electrons. The van der Waals surface area contributed by atoms with Crippen LogP contribution in [0.25, 0.3) is 0 Å². The Kier molecular flexibility index (Phi) is 2.89. The molecule has 0 saturated carbocycles. The normalized spacial score (nSPS) is 22.2. The summed E-state index contributed by atoms with van der Waals surface area (Å²) in [6.07, 6.45) is 2.61. The molecule has 1 aliphatic heterocycles. The summed E-state index contributed by atoms with van der Waals surface area (Å²) in [5, 5.41) is 3.54. The van der Waals surface area contributed by atoms with E-state index in [1.165, 1.54) is 34.1 Å². The molecule has 1 N–H and O–H groups in total. The van der Waals surface area contributed by atoms with Gasteiger partial charge >= 0.3 is 0 Å².